The van der Waals surface area contributed by atoms with Crippen molar-refractivity contribution in [2.45, 2.75) is 32.2 Å². The molecule has 154 valence electrons. The largest absolute Gasteiger partial charge is 0.497 e. The molecule has 3 unspecified atom stereocenters. The number of fused-ring (bicyclic) bond motifs is 2. The number of hydrogen-bond acceptors (Lipinski definition) is 6. The number of carbonyl (C=O) groups is 1. The Balaban J connectivity index is 1.14. The lowest BCUT2D eigenvalue weighted by molar-refractivity contribution is -0.139. The zero-order valence-corrected chi connectivity index (χ0v) is 16.9. The minimum atomic E-state index is 0.295. The molecule has 5 rings (SSSR count). The van der Waals surface area contributed by atoms with Gasteiger partial charge in [-0.2, -0.15) is 4.98 Å². The molecule has 1 saturated heterocycles. The van der Waals surface area contributed by atoms with Crippen molar-refractivity contribution in [2.24, 2.45) is 17.8 Å². The van der Waals surface area contributed by atoms with E-state index < -0.39 is 0 Å². The van der Waals surface area contributed by atoms with Gasteiger partial charge in [0.15, 0.2) is 0 Å². The molecule has 0 N–H and O–H groups in total. The zero-order chi connectivity index (χ0) is 19.8. The minimum absolute atomic E-state index is 0.295. The number of aromatic nitrogens is 2. The number of rotatable bonds is 5. The first kappa shape index (κ1) is 18.6. The predicted molar refractivity (Wildman–Crippen MR) is 107 cm³/mol. The molecule has 2 aliphatic carbocycles. The number of carbonyl (C=O) groups excluding carboxylic acids is 1. The first-order chi connectivity index (χ1) is 14.2. The molecular weight excluding hydrogens is 368 g/mol. The van der Waals surface area contributed by atoms with Crippen molar-refractivity contribution < 1.29 is 14.1 Å². The molecule has 1 amide bonds. The highest BCUT2D eigenvalue weighted by Gasteiger charge is 2.44. The van der Waals surface area contributed by atoms with E-state index in [-0.39, 0.29) is 0 Å². The molecule has 3 atom stereocenters. The second kappa shape index (κ2) is 7.78. The standard InChI is InChI=1S/C22H28N4O3/c1-28-18-6-4-16(5-7-18)21-23-20(29-24-21)14-25-8-10-26(11-9-25)22(27)19-13-15-2-3-17(19)12-15/h4-7,15,17,19H,2-3,8-14H2,1H3. The average molecular weight is 396 g/mol. The zero-order valence-electron chi connectivity index (χ0n) is 16.9. The van der Waals surface area contributed by atoms with Crippen LogP contribution in [-0.2, 0) is 11.3 Å². The maximum absolute atomic E-state index is 12.9. The van der Waals surface area contributed by atoms with Gasteiger partial charge < -0.3 is 14.2 Å². The summed E-state index contributed by atoms with van der Waals surface area (Å²) in [5.74, 6) is 4.17. The maximum atomic E-state index is 12.9. The molecule has 3 aliphatic rings. The van der Waals surface area contributed by atoms with Gasteiger partial charge in [0.25, 0.3) is 0 Å². The molecule has 0 spiro atoms. The van der Waals surface area contributed by atoms with Crippen LogP contribution in [0.5, 0.6) is 5.75 Å². The summed E-state index contributed by atoms with van der Waals surface area (Å²) in [5.41, 5.74) is 0.905. The van der Waals surface area contributed by atoms with Crippen molar-refractivity contribution in [3.63, 3.8) is 0 Å². The van der Waals surface area contributed by atoms with Gasteiger partial charge in [-0.15, -0.1) is 0 Å². The third-order valence-electron chi connectivity index (χ3n) is 6.91. The lowest BCUT2D eigenvalue weighted by Crippen LogP contribution is -2.50. The quantitative estimate of drug-likeness (QED) is 0.774. The minimum Gasteiger partial charge on any atom is -0.497 e. The number of ether oxygens (including phenoxy) is 1. The molecule has 2 heterocycles. The molecule has 0 radical (unpaired) electrons. The molecule has 2 saturated carbocycles. The van der Waals surface area contributed by atoms with Crippen LogP contribution in [0.1, 0.15) is 31.6 Å². The highest BCUT2D eigenvalue weighted by molar-refractivity contribution is 5.79. The number of piperazine rings is 1. The van der Waals surface area contributed by atoms with Crippen LogP contribution >= 0.6 is 0 Å². The van der Waals surface area contributed by atoms with Crippen LogP contribution in [0.15, 0.2) is 28.8 Å². The molecule has 1 aromatic carbocycles. The Labute approximate surface area is 171 Å². The van der Waals surface area contributed by atoms with Crippen LogP contribution in [-0.4, -0.2) is 59.1 Å². The van der Waals surface area contributed by atoms with Gasteiger partial charge in [0.2, 0.25) is 17.6 Å². The van der Waals surface area contributed by atoms with Gasteiger partial charge in [0.05, 0.1) is 13.7 Å². The number of nitrogens with zero attached hydrogens (tertiary/aromatic N) is 4. The molecule has 1 aromatic heterocycles. The number of amides is 1. The SMILES string of the molecule is COc1ccc(-c2noc(CN3CCN(C(=O)C4CC5CCC4C5)CC3)n2)cc1. The van der Waals surface area contributed by atoms with E-state index >= 15 is 0 Å². The lowest BCUT2D eigenvalue weighted by atomic mass is 9.87. The normalized spacial score (nSPS) is 26.8. The maximum Gasteiger partial charge on any atom is 0.241 e. The first-order valence-corrected chi connectivity index (χ1v) is 10.7. The van der Waals surface area contributed by atoms with E-state index in [2.05, 4.69) is 19.9 Å². The summed E-state index contributed by atoms with van der Waals surface area (Å²) in [6.45, 7) is 3.93. The smallest absolute Gasteiger partial charge is 0.241 e. The van der Waals surface area contributed by atoms with Crippen molar-refractivity contribution in [3.05, 3.63) is 30.2 Å². The van der Waals surface area contributed by atoms with E-state index in [0.29, 0.717) is 36.0 Å². The third kappa shape index (κ3) is 3.75. The highest BCUT2D eigenvalue weighted by atomic mass is 16.5. The van der Waals surface area contributed by atoms with Gasteiger partial charge in [-0.1, -0.05) is 11.6 Å². The van der Waals surface area contributed by atoms with Crippen molar-refractivity contribution in [1.82, 2.24) is 19.9 Å². The molecule has 7 heteroatoms. The molecule has 1 aliphatic heterocycles. The molecular formula is C22H28N4O3. The van der Waals surface area contributed by atoms with Crippen LogP contribution in [0, 0.1) is 17.8 Å². The molecule has 29 heavy (non-hydrogen) atoms. The summed E-state index contributed by atoms with van der Waals surface area (Å²) < 4.78 is 10.6. The molecule has 3 fully saturated rings. The van der Waals surface area contributed by atoms with Gasteiger partial charge in [0.1, 0.15) is 5.75 Å². The van der Waals surface area contributed by atoms with Crippen LogP contribution in [0.2, 0.25) is 0 Å². The molecule has 2 aromatic rings. The lowest BCUT2D eigenvalue weighted by Gasteiger charge is -2.36. The number of hydrogen-bond donors (Lipinski definition) is 0. The fourth-order valence-electron chi connectivity index (χ4n) is 5.28. The van der Waals surface area contributed by atoms with Gasteiger partial charge >= 0.3 is 0 Å². The average Bonchev–Trinajstić information content (AvgIpc) is 3.51. The predicted octanol–water partition coefficient (Wildman–Crippen LogP) is 2.83. The number of benzene rings is 1. The summed E-state index contributed by atoms with van der Waals surface area (Å²) in [6, 6.07) is 7.62. The summed E-state index contributed by atoms with van der Waals surface area (Å²) in [5, 5.41) is 4.11. The first-order valence-electron chi connectivity index (χ1n) is 10.7. The van der Waals surface area contributed by atoms with Gasteiger partial charge in [-0.25, -0.2) is 0 Å². The van der Waals surface area contributed by atoms with Crippen molar-refractivity contribution >= 4 is 5.91 Å². The Morgan fingerprint density at radius 1 is 1.14 bits per heavy atom. The van der Waals surface area contributed by atoms with Gasteiger partial charge in [-0.3, -0.25) is 9.69 Å². The van der Waals surface area contributed by atoms with Crippen LogP contribution in [0.3, 0.4) is 0 Å². The van der Waals surface area contributed by atoms with E-state index in [1.807, 2.05) is 24.3 Å². The summed E-state index contributed by atoms with van der Waals surface area (Å²) >= 11 is 0. The second-order valence-electron chi connectivity index (χ2n) is 8.62. The van der Waals surface area contributed by atoms with Crippen molar-refractivity contribution in [3.8, 4) is 17.1 Å². The summed E-state index contributed by atoms with van der Waals surface area (Å²) in [7, 11) is 1.65. The Morgan fingerprint density at radius 2 is 1.93 bits per heavy atom. The van der Waals surface area contributed by atoms with E-state index in [0.717, 1.165) is 49.8 Å². The molecule has 2 bridgehead atoms. The van der Waals surface area contributed by atoms with Crippen LogP contribution in [0.25, 0.3) is 11.4 Å². The van der Waals surface area contributed by atoms with Gasteiger partial charge in [-0.05, 0) is 55.4 Å². The second-order valence-corrected chi connectivity index (χ2v) is 8.62. The monoisotopic (exact) mass is 396 g/mol. The van der Waals surface area contributed by atoms with E-state index in [9.17, 15) is 4.79 Å². The number of methoxy groups -OCH3 is 1. The molecule has 7 nitrogen and oxygen atoms in total. The summed E-state index contributed by atoms with van der Waals surface area (Å²) in [4.78, 5) is 21.8. The highest BCUT2D eigenvalue weighted by Crippen LogP contribution is 2.48. The van der Waals surface area contributed by atoms with E-state index in [1.165, 1.54) is 19.3 Å². The Bertz CT molecular complexity index is 857. The fraction of sp³-hybridized carbons (Fsp3) is 0.591. The summed E-state index contributed by atoms with van der Waals surface area (Å²) in [6.07, 6.45) is 5.00. The van der Waals surface area contributed by atoms with Gasteiger partial charge in [0, 0.05) is 37.7 Å². The Hall–Kier alpha value is -2.41. The van der Waals surface area contributed by atoms with Crippen molar-refractivity contribution in [1.29, 1.82) is 0 Å². The van der Waals surface area contributed by atoms with E-state index in [4.69, 9.17) is 9.26 Å². The fourth-order valence-corrected chi connectivity index (χ4v) is 5.28. The van der Waals surface area contributed by atoms with Crippen molar-refractivity contribution in [2.75, 3.05) is 33.3 Å². The third-order valence-corrected chi connectivity index (χ3v) is 6.91. The van der Waals surface area contributed by atoms with E-state index in [1.54, 1.807) is 7.11 Å². The topological polar surface area (TPSA) is 71.7 Å². The van der Waals surface area contributed by atoms with Crippen LogP contribution in [0.4, 0.5) is 0 Å². The Kier molecular flexibility index (Phi) is 4.99. The van der Waals surface area contributed by atoms with Crippen LogP contribution < -0.4 is 4.74 Å². The Morgan fingerprint density at radius 3 is 2.59 bits per heavy atom.